The fraction of sp³-hybridized carbons (Fsp3) is 0.412. The van der Waals surface area contributed by atoms with Crippen LogP contribution in [0.25, 0.3) is 6.08 Å². The van der Waals surface area contributed by atoms with Crippen LogP contribution in [0, 0.1) is 0 Å². The van der Waals surface area contributed by atoms with E-state index in [1.807, 2.05) is 30.3 Å². The summed E-state index contributed by atoms with van der Waals surface area (Å²) in [5.41, 5.74) is 0.348. The van der Waals surface area contributed by atoms with E-state index in [1.165, 1.54) is 7.11 Å². The average Bonchev–Trinajstić information content (AvgIpc) is 2.43. The molecule has 5 nitrogen and oxygen atoms in total. The van der Waals surface area contributed by atoms with E-state index in [0.29, 0.717) is 0 Å². The summed E-state index contributed by atoms with van der Waals surface area (Å²) in [6.07, 6.45) is 1.75. The van der Waals surface area contributed by atoms with E-state index in [-0.39, 0.29) is 6.42 Å². The van der Waals surface area contributed by atoms with Gasteiger partial charge in [-0.1, -0.05) is 36.4 Å². The Balaban J connectivity index is 2.73. The van der Waals surface area contributed by atoms with Gasteiger partial charge in [0.1, 0.15) is 11.7 Å². The van der Waals surface area contributed by atoms with Crippen molar-refractivity contribution in [2.75, 3.05) is 7.11 Å². The average molecular weight is 306 g/mol. The van der Waals surface area contributed by atoms with Gasteiger partial charge in [-0.3, -0.25) is 4.79 Å². The maximum atomic E-state index is 11.9. The number of hydrogen-bond donors (Lipinski definition) is 0. The normalized spacial score (nSPS) is 12.7. The molecule has 1 atom stereocenters. The zero-order chi connectivity index (χ0) is 16.6. The Morgan fingerprint density at radius 1 is 1.18 bits per heavy atom. The fourth-order valence-electron chi connectivity index (χ4n) is 1.65. The van der Waals surface area contributed by atoms with Gasteiger partial charge in [-0.2, -0.15) is 0 Å². The summed E-state index contributed by atoms with van der Waals surface area (Å²) in [5.74, 6) is -0.445. The Bertz CT molecular complexity index is 514. The summed E-state index contributed by atoms with van der Waals surface area (Å²) in [7, 11) is 1.22. The number of benzene rings is 1. The minimum absolute atomic E-state index is 0.0737. The summed E-state index contributed by atoms with van der Waals surface area (Å²) < 4.78 is 14.8. The predicted molar refractivity (Wildman–Crippen MR) is 83.2 cm³/mol. The number of esters is 1. The monoisotopic (exact) mass is 306 g/mol. The first-order valence-electron chi connectivity index (χ1n) is 7.00. The third-order valence-corrected chi connectivity index (χ3v) is 2.51. The van der Waals surface area contributed by atoms with Gasteiger partial charge >= 0.3 is 12.1 Å². The second-order valence-corrected chi connectivity index (χ2v) is 5.67. The molecule has 1 aromatic rings. The molecule has 0 saturated heterocycles. The lowest BCUT2D eigenvalue weighted by molar-refractivity contribution is -0.156. The number of methoxy groups -OCH3 is 1. The van der Waals surface area contributed by atoms with Crippen LogP contribution >= 0.6 is 0 Å². The molecule has 1 unspecified atom stereocenters. The van der Waals surface area contributed by atoms with Crippen LogP contribution in [0.1, 0.15) is 32.8 Å². The molecule has 0 aliphatic heterocycles. The van der Waals surface area contributed by atoms with Crippen LogP contribution in [-0.2, 0) is 19.0 Å². The molecule has 0 heterocycles. The lowest BCUT2D eigenvalue weighted by Gasteiger charge is -2.21. The van der Waals surface area contributed by atoms with E-state index in [1.54, 1.807) is 32.9 Å². The van der Waals surface area contributed by atoms with E-state index >= 15 is 0 Å². The van der Waals surface area contributed by atoms with Gasteiger partial charge in [0.2, 0.25) is 0 Å². The lowest BCUT2D eigenvalue weighted by atomic mass is 10.1. The zero-order valence-electron chi connectivity index (χ0n) is 13.4. The second-order valence-electron chi connectivity index (χ2n) is 5.67. The van der Waals surface area contributed by atoms with Gasteiger partial charge in [0.25, 0.3) is 0 Å². The molecular formula is C17H22O5. The molecule has 22 heavy (non-hydrogen) atoms. The van der Waals surface area contributed by atoms with Gasteiger partial charge < -0.3 is 14.2 Å². The van der Waals surface area contributed by atoms with E-state index in [9.17, 15) is 9.59 Å². The Morgan fingerprint density at radius 2 is 1.82 bits per heavy atom. The number of carbonyl (C=O) groups excluding carboxylic acids is 2. The van der Waals surface area contributed by atoms with Crippen LogP contribution in [0.2, 0.25) is 0 Å². The Kier molecular flexibility index (Phi) is 6.63. The molecule has 0 aromatic heterocycles. The van der Waals surface area contributed by atoms with Gasteiger partial charge in [-0.15, -0.1) is 0 Å². The highest BCUT2D eigenvalue weighted by Gasteiger charge is 2.21. The molecule has 5 heteroatoms. The maximum absolute atomic E-state index is 11.9. The van der Waals surface area contributed by atoms with E-state index in [4.69, 9.17) is 9.47 Å². The Hall–Kier alpha value is -2.30. The third-order valence-electron chi connectivity index (χ3n) is 2.51. The molecule has 0 aliphatic carbocycles. The van der Waals surface area contributed by atoms with E-state index < -0.39 is 23.8 Å². The predicted octanol–water partition coefficient (Wildman–Crippen LogP) is 3.58. The first-order valence-corrected chi connectivity index (χ1v) is 7.00. The highest BCUT2D eigenvalue weighted by atomic mass is 16.7. The molecule has 0 N–H and O–H groups in total. The van der Waals surface area contributed by atoms with Crippen LogP contribution in [0.4, 0.5) is 4.79 Å². The quantitative estimate of drug-likeness (QED) is 0.778. The topological polar surface area (TPSA) is 61.8 Å². The van der Waals surface area contributed by atoms with E-state index in [2.05, 4.69) is 4.74 Å². The molecule has 1 rings (SSSR count). The van der Waals surface area contributed by atoms with Gasteiger partial charge in [-0.05, 0) is 32.4 Å². The summed E-state index contributed by atoms with van der Waals surface area (Å²) in [5, 5.41) is 0. The molecular weight excluding hydrogens is 284 g/mol. The molecule has 0 fully saturated rings. The molecule has 0 amide bonds. The fourth-order valence-corrected chi connectivity index (χ4v) is 1.65. The first kappa shape index (κ1) is 17.8. The molecule has 0 aliphatic rings. The Morgan fingerprint density at radius 3 is 2.36 bits per heavy atom. The van der Waals surface area contributed by atoms with Crippen molar-refractivity contribution >= 4 is 18.2 Å². The Labute approximate surface area is 130 Å². The molecule has 120 valence electrons. The number of carbonyl (C=O) groups is 2. The van der Waals surface area contributed by atoms with Crippen molar-refractivity contribution in [1.29, 1.82) is 0 Å². The molecule has 0 saturated carbocycles. The zero-order valence-corrected chi connectivity index (χ0v) is 13.4. The van der Waals surface area contributed by atoms with Crippen molar-refractivity contribution < 1.29 is 23.8 Å². The highest BCUT2D eigenvalue weighted by Crippen LogP contribution is 2.13. The number of rotatable bonds is 5. The number of hydrogen-bond acceptors (Lipinski definition) is 5. The standard InChI is InChI=1S/C17H22O5/c1-17(2,3)22-15(18)12-14(21-16(19)20-4)11-10-13-8-6-5-7-9-13/h5-11,14H,12H2,1-4H3/b11-10+. The van der Waals surface area contributed by atoms with Gasteiger partial charge in [-0.25, -0.2) is 4.79 Å². The third kappa shape index (κ3) is 7.47. The minimum Gasteiger partial charge on any atom is -0.460 e. The SMILES string of the molecule is COC(=O)OC(/C=C/c1ccccc1)CC(=O)OC(C)(C)C. The van der Waals surface area contributed by atoms with Crippen LogP contribution < -0.4 is 0 Å². The van der Waals surface area contributed by atoms with Gasteiger partial charge in [0.15, 0.2) is 0 Å². The van der Waals surface area contributed by atoms with Crippen LogP contribution in [-0.4, -0.2) is 30.9 Å². The van der Waals surface area contributed by atoms with Crippen molar-refractivity contribution in [2.24, 2.45) is 0 Å². The molecule has 0 spiro atoms. The van der Waals surface area contributed by atoms with Crippen LogP contribution in [0.3, 0.4) is 0 Å². The second kappa shape index (κ2) is 8.22. The summed E-state index contributed by atoms with van der Waals surface area (Å²) >= 11 is 0. The van der Waals surface area contributed by atoms with Gasteiger partial charge in [0.05, 0.1) is 13.5 Å². The minimum atomic E-state index is -0.841. The van der Waals surface area contributed by atoms with Crippen molar-refractivity contribution in [3.63, 3.8) is 0 Å². The molecule has 1 aromatic carbocycles. The largest absolute Gasteiger partial charge is 0.508 e. The van der Waals surface area contributed by atoms with Crippen molar-refractivity contribution in [2.45, 2.75) is 38.9 Å². The van der Waals surface area contributed by atoms with Crippen molar-refractivity contribution in [1.82, 2.24) is 0 Å². The van der Waals surface area contributed by atoms with E-state index in [0.717, 1.165) is 5.56 Å². The summed E-state index contributed by atoms with van der Waals surface area (Å²) in [6.45, 7) is 5.34. The van der Waals surface area contributed by atoms with Crippen LogP contribution in [0.5, 0.6) is 0 Å². The highest BCUT2D eigenvalue weighted by molar-refractivity contribution is 5.72. The molecule has 0 radical (unpaired) electrons. The first-order chi connectivity index (χ1) is 10.3. The summed E-state index contributed by atoms with van der Waals surface area (Å²) in [4.78, 5) is 23.1. The van der Waals surface area contributed by atoms with Gasteiger partial charge in [0, 0.05) is 0 Å². The lowest BCUT2D eigenvalue weighted by Crippen LogP contribution is -2.27. The maximum Gasteiger partial charge on any atom is 0.508 e. The van der Waals surface area contributed by atoms with Crippen LogP contribution in [0.15, 0.2) is 36.4 Å². The van der Waals surface area contributed by atoms with Crippen molar-refractivity contribution in [3.05, 3.63) is 42.0 Å². The molecule has 0 bridgehead atoms. The summed E-state index contributed by atoms with van der Waals surface area (Å²) in [6, 6.07) is 9.49. The number of ether oxygens (including phenoxy) is 3. The van der Waals surface area contributed by atoms with Crippen molar-refractivity contribution in [3.8, 4) is 0 Å². The smallest absolute Gasteiger partial charge is 0.460 e.